The van der Waals surface area contributed by atoms with Crippen LogP contribution in [0.15, 0.2) is 77.3 Å². The summed E-state index contributed by atoms with van der Waals surface area (Å²) in [4.78, 5) is 39.8. The Kier molecular flexibility index (Phi) is 8.66. The Bertz CT molecular complexity index is 1480. The number of halogens is 1. The molecule has 0 bridgehead atoms. The van der Waals surface area contributed by atoms with Gasteiger partial charge in [0.05, 0.1) is 12.3 Å². The minimum atomic E-state index is -0.788. The summed E-state index contributed by atoms with van der Waals surface area (Å²) < 4.78 is 13.1. The lowest BCUT2D eigenvalue weighted by atomic mass is 10.0. The van der Waals surface area contributed by atoms with Gasteiger partial charge >= 0.3 is 6.03 Å². The summed E-state index contributed by atoms with van der Waals surface area (Å²) in [5.74, 6) is -0.422. The number of benzene rings is 3. The molecule has 0 aliphatic carbocycles. The van der Waals surface area contributed by atoms with Crippen LogP contribution in [-0.2, 0) is 22.6 Å². The second-order valence-corrected chi connectivity index (χ2v) is 9.99. The van der Waals surface area contributed by atoms with Crippen LogP contribution in [0.5, 0.6) is 11.5 Å². The van der Waals surface area contributed by atoms with E-state index in [1.54, 1.807) is 24.3 Å². The molecule has 0 spiro atoms. The normalized spacial score (nSPS) is 14.4. The number of carbonyl (C=O) groups excluding carboxylic acids is 3. The highest BCUT2D eigenvalue weighted by Gasteiger charge is 2.37. The summed E-state index contributed by atoms with van der Waals surface area (Å²) in [5.41, 5.74) is 4.49. The van der Waals surface area contributed by atoms with E-state index in [2.05, 4.69) is 27.8 Å². The number of urea groups is 1. The van der Waals surface area contributed by atoms with Crippen molar-refractivity contribution in [1.82, 2.24) is 5.32 Å². The van der Waals surface area contributed by atoms with Crippen LogP contribution >= 0.6 is 15.9 Å². The van der Waals surface area contributed by atoms with E-state index in [9.17, 15) is 14.4 Å². The van der Waals surface area contributed by atoms with Gasteiger partial charge in [0, 0.05) is 10.0 Å². The standard InChI is InChI=1S/C31H29BrN2O5/c1-5-7-23-15-22(17-27(38-6-2)28(23)39-18-21-9-11-24(32)12-10-21)16-26-29(35)33-31(37)34(30(26)36)25-13-8-19(3)20(4)14-25/h5,8-17H,1,6-7,18H2,2-4H3,(H,33,35,37)/b26-16+. The lowest BCUT2D eigenvalue weighted by Gasteiger charge is -2.27. The summed E-state index contributed by atoms with van der Waals surface area (Å²) in [5, 5.41) is 2.28. The van der Waals surface area contributed by atoms with Crippen molar-refractivity contribution >= 4 is 45.5 Å². The summed E-state index contributed by atoms with van der Waals surface area (Å²) in [6, 6.07) is 15.8. The van der Waals surface area contributed by atoms with E-state index in [0.717, 1.165) is 31.6 Å². The Balaban J connectivity index is 1.72. The van der Waals surface area contributed by atoms with Crippen LogP contribution in [0.3, 0.4) is 0 Å². The molecule has 1 aliphatic rings. The molecule has 200 valence electrons. The lowest BCUT2D eigenvalue weighted by molar-refractivity contribution is -0.122. The zero-order chi connectivity index (χ0) is 28.1. The van der Waals surface area contributed by atoms with Crippen molar-refractivity contribution in [1.29, 1.82) is 0 Å². The number of nitrogens with one attached hydrogen (secondary N) is 1. The molecule has 3 aromatic rings. The zero-order valence-corrected chi connectivity index (χ0v) is 23.6. The van der Waals surface area contributed by atoms with Crippen molar-refractivity contribution in [3.63, 3.8) is 0 Å². The monoisotopic (exact) mass is 588 g/mol. The number of hydrogen-bond acceptors (Lipinski definition) is 5. The van der Waals surface area contributed by atoms with Gasteiger partial charge in [0.15, 0.2) is 11.5 Å². The number of rotatable bonds is 9. The molecule has 1 N–H and O–H groups in total. The number of hydrogen-bond donors (Lipinski definition) is 1. The first-order valence-corrected chi connectivity index (χ1v) is 13.3. The third-order valence-corrected chi connectivity index (χ3v) is 6.80. The molecule has 4 rings (SSSR count). The van der Waals surface area contributed by atoms with E-state index >= 15 is 0 Å². The summed E-state index contributed by atoms with van der Waals surface area (Å²) >= 11 is 3.44. The molecule has 1 fully saturated rings. The zero-order valence-electron chi connectivity index (χ0n) is 22.0. The molecule has 1 heterocycles. The predicted molar refractivity (Wildman–Crippen MR) is 155 cm³/mol. The number of amides is 4. The van der Waals surface area contributed by atoms with Crippen LogP contribution in [0.1, 0.15) is 34.7 Å². The SMILES string of the molecule is C=CCc1cc(/C=C2\C(=O)NC(=O)N(c3ccc(C)c(C)c3)C2=O)cc(OCC)c1OCc1ccc(Br)cc1. The molecule has 7 nitrogen and oxygen atoms in total. The first kappa shape index (κ1) is 27.9. The van der Waals surface area contributed by atoms with Crippen LogP contribution < -0.4 is 19.7 Å². The van der Waals surface area contributed by atoms with Gasteiger partial charge < -0.3 is 9.47 Å². The third-order valence-electron chi connectivity index (χ3n) is 6.28. The first-order valence-electron chi connectivity index (χ1n) is 12.5. The van der Waals surface area contributed by atoms with Crippen molar-refractivity contribution in [3.8, 4) is 11.5 Å². The van der Waals surface area contributed by atoms with E-state index in [4.69, 9.17) is 9.47 Å². The number of allylic oxidation sites excluding steroid dienone is 1. The maximum atomic E-state index is 13.4. The minimum Gasteiger partial charge on any atom is -0.490 e. The average Bonchev–Trinajstić information content (AvgIpc) is 2.89. The van der Waals surface area contributed by atoms with Gasteiger partial charge in [0.1, 0.15) is 12.2 Å². The van der Waals surface area contributed by atoms with Gasteiger partial charge in [-0.15, -0.1) is 6.58 Å². The van der Waals surface area contributed by atoms with Crippen LogP contribution in [0.2, 0.25) is 0 Å². The molecule has 0 unspecified atom stereocenters. The van der Waals surface area contributed by atoms with Gasteiger partial charge in [0.25, 0.3) is 11.8 Å². The summed E-state index contributed by atoms with van der Waals surface area (Å²) in [7, 11) is 0. The molecule has 1 saturated heterocycles. The van der Waals surface area contributed by atoms with E-state index in [1.807, 2.05) is 57.2 Å². The van der Waals surface area contributed by atoms with E-state index in [1.165, 1.54) is 6.08 Å². The first-order chi connectivity index (χ1) is 18.7. The number of ether oxygens (including phenoxy) is 2. The minimum absolute atomic E-state index is 0.164. The van der Waals surface area contributed by atoms with E-state index in [-0.39, 0.29) is 5.57 Å². The quantitative estimate of drug-likeness (QED) is 0.177. The third kappa shape index (κ3) is 6.29. The highest BCUT2D eigenvalue weighted by molar-refractivity contribution is 9.10. The number of anilines is 1. The van der Waals surface area contributed by atoms with Crippen molar-refractivity contribution in [3.05, 3.63) is 105 Å². The molecule has 39 heavy (non-hydrogen) atoms. The predicted octanol–water partition coefficient (Wildman–Crippen LogP) is 6.44. The van der Waals surface area contributed by atoms with Crippen molar-refractivity contribution in [2.24, 2.45) is 0 Å². The topological polar surface area (TPSA) is 84.9 Å². The fourth-order valence-electron chi connectivity index (χ4n) is 4.16. The molecule has 0 atom stereocenters. The van der Waals surface area contributed by atoms with Crippen LogP contribution in [0, 0.1) is 13.8 Å². The molecule has 0 saturated carbocycles. The Morgan fingerprint density at radius 1 is 0.974 bits per heavy atom. The Morgan fingerprint density at radius 2 is 1.72 bits per heavy atom. The second kappa shape index (κ2) is 12.1. The molecule has 0 aromatic heterocycles. The van der Waals surface area contributed by atoms with Gasteiger partial charge in [-0.3, -0.25) is 14.9 Å². The largest absolute Gasteiger partial charge is 0.490 e. The van der Waals surface area contributed by atoms with Gasteiger partial charge in [-0.05, 0) is 91.9 Å². The average molecular weight is 589 g/mol. The lowest BCUT2D eigenvalue weighted by Crippen LogP contribution is -2.54. The molecule has 1 aliphatic heterocycles. The maximum Gasteiger partial charge on any atom is 0.335 e. The number of carbonyl (C=O) groups is 3. The molecular formula is C31H29BrN2O5. The smallest absolute Gasteiger partial charge is 0.335 e. The second-order valence-electron chi connectivity index (χ2n) is 9.07. The maximum absolute atomic E-state index is 13.4. The molecule has 3 aromatic carbocycles. The number of aryl methyl sites for hydroxylation is 2. The van der Waals surface area contributed by atoms with Crippen molar-refractivity contribution in [2.75, 3.05) is 11.5 Å². The molecular weight excluding hydrogens is 560 g/mol. The fraction of sp³-hybridized carbons (Fsp3) is 0.194. The van der Waals surface area contributed by atoms with Crippen LogP contribution in [0.4, 0.5) is 10.5 Å². The van der Waals surface area contributed by atoms with Crippen LogP contribution in [-0.4, -0.2) is 24.5 Å². The summed E-state index contributed by atoms with van der Waals surface area (Å²) in [6.07, 6.45) is 3.68. The molecule has 8 heteroatoms. The van der Waals surface area contributed by atoms with Gasteiger partial charge in [0.2, 0.25) is 0 Å². The van der Waals surface area contributed by atoms with Gasteiger partial charge in [-0.1, -0.05) is 40.2 Å². The van der Waals surface area contributed by atoms with Crippen LogP contribution in [0.25, 0.3) is 6.08 Å². The highest BCUT2D eigenvalue weighted by Crippen LogP contribution is 2.36. The van der Waals surface area contributed by atoms with Crippen molar-refractivity contribution < 1.29 is 23.9 Å². The Labute approximate surface area is 236 Å². The van der Waals surface area contributed by atoms with Gasteiger partial charge in [-0.25, -0.2) is 9.69 Å². The Hall–Kier alpha value is -4.17. The molecule has 4 amide bonds. The molecule has 0 radical (unpaired) electrons. The van der Waals surface area contributed by atoms with Gasteiger partial charge in [-0.2, -0.15) is 0 Å². The van der Waals surface area contributed by atoms with E-state index < -0.39 is 17.8 Å². The van der Waals surface area contributed by atoms with Crippen molar-refractivity contribution in [2.45, 2.75) is 33.8 Å². The fourth-order valence-corrected chi connectivity index (χ4v) is 4.42. The number of nitrogens with zero attached hydrogens (tertiary/aromatic N) is 1. The number of barbiturate groups is 1. The van der Waals surface area contributed by atoms with E-state index in [0.29, 0.717) is 42.4 Å². The Morgan fingerprint density at radius 3 is 2.38 bits per heavy atom. The number of imide groups is 2. The summed E-state index contributed by atoms with van der Waals surface area (Å²) in [6.45, 7) is 10.3. The highest BCUT2D eigenvalue weighted by atomic mass is 79.9.